The number of carbonyl (C=O) groups is 1. The largest absolute Gasteiger partial charge is 0.488 e. The molecule has 0 fully saturated rings. The van der Waals surface area contributed by atoms with Crippen LogP contribution >= 0.6 is 15.9 Å². The van der Waals surface area contributed by atoms with Crippen LogP contribution in [0.3, 0.4) is 0 Å². The molecule has 40 heavy (non-hydrogen) atoms. The highest BCUT2D eigenvalue weighted by Crippen LogP contribution is 2.21. The molecule has 0 saturated carbocycles. The predicted octanol–water partition coefficient (Wildman–Crippen LogP) is 7.37. The Morgan fingerprint density at radius 1 is 0.875 bits per heavy atom. The molecule has 202 valence electrons. The van der Waals surface area contributed by atoms with Crippen molar-refractivity contribution >= 4 is 28.1 Å². The highest BCUT2D eigenvalue weighted by molar-refractivity contribution is 9.10. The number of hydrogen-bond acceptors (Lipinski definition) is 5. The molecular weight excluding hydrogens is 570 g/mol. The number of amides is 1. The van der Waals surface area contributed by atoms with E-state index in [9.17, 15) is 4.79 Å². The van der Waals surface area contributed by atoms with Gasteiger partial charge in [-0.3, -0.25) is 4.79 Å². The molecule has 5 rings (SSSR count). The number of hydrogen-bond donors (Lipinski definition) is 1. The van der Waals surface area contributed by atoms with Crippen molar-refractivity contribution in [3.8, 4) is 17.2 Å². The molecule has 8 heteroatoms. The van der Waals surface area contributed by atoms with Gasteiger partial charge in [-0.05, 0) is 92.2 Å². The molecule has 0 unspecified atom stereocenters. The molecule has 0 radical (unpaired) electrons. The Morgan fingerprint density at radius 3 is 2.35 bits per heavy atom. The first-order valence-corrected chi connectivity index (χ1v) is 13.5. The highest BCUT2D eigenvalue weighted by atomic mass is 79.9. The lowest BCUT2D eigenvalue weighted by Gasteiger charge is -2.10. The van der Waals surface area contributed by atoms with Crippen LogP contribution in [0, 0.1) is 13.8 Å². The van der Waals surface area contributed by atoms with E-state index in [4.69, 9.17) is 13.9 Å². The number of furan rings is 1. The summed E-state index contributed by atoms with van der Waals surface area (Å²) in [6, 6.07) is 30.8. The summed E-state index contributed by atoms with van der Waals surface area (Å²) in [5, 5.41) is 4.09. The lowest BCUT2D eigenvalue weighted by Crippen LogP contribution is -2.16. The minimum Gasteiger partial charge on any atom is -0.488 e. The number of rotatable bonds is 10. The third-order valence-electron chi connectivity index (χ3n) is 6.23. The summed E-state index contributed by atoms with van der Waals surface area (Å²) in [4.78, 5) is 12.6. The van der Waals surface area contributed by atoms with Crippen LogP contribution in [0.25, 0.3) is 5.69 Å². The van der Waals surface area contributed by atoms with E-state index in [1.165, 1.54) is 11.4 Å². The number of nitrogens with one attached hydrogen (secondary N) is 1. The fourth-order valence-corrected chi connectivity index (χ4v) is 4.44. The Kier molecular flexibility index (Phi) is 8.47. The summed E-state index contributed by atoms with van der Waals surface area (Å²) in [6.45, 7) is 4.76. The van der Waals surface area contributed by atoms with Crippen LogP contribution in [0.15, 0.2) is 111 Å². The molecule has 5 aromatic rings. The van der Waals surface area contributed by atoms with Crippen molar-refractivity contribution in [1.82, 2.24) is 9.99 Å². The summed E-state index contributed by atoms with van der Waals surface area (Å²) in [6.07, 6.45) is 1.54. The van der Waals surface area contributed by atoms with Gasteiger partial charge in [0.1, 0.15) is 30.5 Å². The SMILES string of the molecule is Cc1ccc(C)n1-c1ccc(OCc2ccc(C(=O)N/N=C/c3ccccc3OCc3ccc(Br)cc3)o2)cc1. The quantitative estimate of drug-likeness (QED) is 0.135. The number of para-hydroxylation sites is 1. The highest BCUT2D eigenvalue weighted by Gasteiger charge is 2.11. The molecule has 0 aliphatic carbocycles. The van der Waals surface area contributed by atoms with Crippen molar-refractivity contribution in [2.75, 3.05) is 0 Å². The molecule has 0 saturated heterocycles. The standard InChI is InChI=1S/C32H28BrN3O4/c1-22-7-8-23(2)36(22)27-13-15-28(16-14-27)38-21-29-17-18-31(40-29)32(37)35-34-19-25-5-3-4-6-30(25)39-20-24-9-11-26(33)12-10-24/h3-19H,20-21H2,1-2H3,(H,35,37)/b34-19+. The first kappa shape index (κ1) is 27.0. The fourth-order valence-electron chi connectivity index (χ4n) is 4.18. The summed E-state index contributed by atoms with van der Waals surface area (Å²) < 4.78 is 20.7. The second kappa shape index (κ2) is 12.5. The second-order valence-corrected chi connectivity index (χ2v) is 10.1. The zero-order valence-corrected chi connectivity index (χ0v) is 23.7. The first-order valence-electron chi connectivity index (χ1n) is 12.7. The molecular formula is C32H28BrN3O4. The lowest BCUT2D eigenvalue weighted by molar-refractivity contribution is 0.0923. The number of aromatic nitrogens is 1. The van der Waals surface area contributed by atoms with Crippen molar-refractivity contribution < 1.29 is 18.7 Å². The van der Waals surface area contributed by atoms with Crippen LogP contribution in [0.2, 0.25) is 0 Å². The monoisotopic (exact) mass is 597 g/mol. The minimum absolute atomic E-state index is 0.143. The van der Waals surface area contributed by atoms with Gasteiger partial charge in [-0.15, -0.1) is 0 Å². The zero-order valence-electron chi connectivity index (χ0n) is 22.1. The van der Waals surface area contributed by atoms with Crippen molar-refractivity contribution in [3.63, 3.8) is 0 Å². The zero-order chi connectivity index (χ0) is 27.9. The van der Waals surface area contributed by atoms with Crippen molar-refractivity contribution in [3.05, 3.63) is 136 Å². The Balaban J connectivity index is 1.13. The van der Waals surface area contributed by atoms with Crippen molar-refractivity contribution in [2.45, 2.75) is 27.1 Å². The molecule has 2 aromatic heterocycles. The summed E-state index contributed by atoms with van der Waals surface area (Å²) in [5.41, 5.74) is 7.70. The molecule has 0 bridgehead atoms. The lowest BCUT2D eigenvalue weighted by atomic mass is 10.2. The van der Waals surface area contributed by atoms with Crippen LogP contribution in [-0.4, -0.2) is 16.7 Å². The van der Waals surface area contributed by atoms with Crippen molar-refractivity contribution in [2.24, 2.45) is 5.10 Å². The van der Waals surface area contributed by atoms with E-state index in [0.717, 1.165) is 21.3 Å². The van der Waals surface area contributed by atoms with Gasteiger partial charge in [-0.25, -0.2) is 5.43 Å². The van der Waals surface area contributed by atoms with E-state index in [1.54, 1.807) is 18.3 Å². The Bertz CT molecular complexity index is 1600. The molecule has 3 aromatic carbocycles. The van der Waals surface area contributed by atoms with Gasteiger partial charge >= 0.3 is 5.91 Å². The Hall–Kier alpha value is -4.56. The maximum Gasteiger partial charge on any atom is 0.307 e. The summed E-state index contributed by atoms with van der Waals surface area (Å²) in [5.74, 6) is 1.58. The van der Waals surface area contributed by atoms with Crippen LogP contribution in [0.4, 0.5) is 0 Å². The number of carbonyl (C=O) groups excluding carboxylic acids is 1. The number of aryl methyl sites for hydroxylation is 2. The van der Waals surface area contributed by atoms with E-state index < -0.39 is 5.91 Å². The van der Waals surface area contributed by atoms with Gasteiger partial charge < -0.3 is 18.5 Å². The number of halogens is 1. The third kappa shape index (κ3) is 6.71. The molecule has 0 spiro atoms. The first-order chi connectivity index (χ1) is 19.5. The normalized spacial score (nSPS) is 11.1. The average molecular weight is 598 g/mol. The van der Waals surface area contributed by atoms with Crippen LogP contribution in [0.1, 0.15) is 38.8 Å². The Labute approximate surface area is 241 Å². The van der Waals surface area contributed by atoms with E-state index in [0.29, 0.717) is 23.9 Å². The average Bonchev–Trinajstić information content (AvgIpc) is 3.58. The number of nitrogens with zero attached hydrogens (tertiary/aromatic N) is 2. The van der Waals surface area contributed by atoms with Crippen LogP contribution < -0.4 is 14.9 Å². The molecule has 0 atom stereocenters. The van der Waals surface area contributed by atoms with E-state index in [-0.39, 0.29) is 12.4 Å². The topological polar surface area (TPSA) is 78.0 Å². The van der Waals surface area contributed by atoms with Gasteiger partial charge in [-0.1, -0.05) is 40.2 Å². The summed E-state index contributed by atoms with van der Waals surface area (Å²) in [7, 11) is 0. The number of ether oxygens (including phenoxy) is 2. The van der Waals surface area contributed by atoms with Gasteiger partial charge in [-0.2, -0.15) is 5.10 Å². The molecule has 7 nitrogen and oxygen atoms in total. The van der Waals surface area contributed by atoms with Crippen LogP contribution in [-0.2, 0) is 13.2 Å². The Morgan fingerprint density at radius 2 is 1.60 bits per heavy atom. The second-order valence-electron chi connectivity index (χ2n) is 9.15. The maximum atomic E-state index is 12.6. The third-order valence-corrected chi connectivity index (χ3v) is 6.76. The van der Waals surface area contributed by atoms with Gasteiger partial charge in [0.25, 0.3) is 0 Å². The smallest absolute Gasteiger partial charge is 0.307 e. The van der Waals surface area contributed by atoms with Gasteiger partial charge in [0.2, 0.25) is 0 Å². The summed E-state index contributed by atoms with van der Waals surface area (Å²) >= 11 is 3.43. The van der Waals surface area contributed by atoms with Crippen LogP contribution in [0.5, 0.6) is 11.5 Å². The minimum atomic E-state index is -0.461. The number of hydrazone groups is 1. The van der Waals surface area contributed by atoms with Gasteiger partial charge in [0, 0.05) is 27.1 Å². The molecule has 2 heterocycles. The number of benzene rings is 3. The fraction of sp³-hybridized carbons (Fsp3) is 0.125. The molecule has 0 aliphatic heterocycles. The van der Waals surface area contributed by atoms with Gasteiger partial charge in [0.05, 0.1) is 6.21 Å². The predicted molar refractivity (Wildman–Crippen MR) is 158 cm³/mol. The molecule has 0 aliphatic rings. The van der Waals surface area contributed by atoms with E-state index in [2.05, 4.69) is 57.0 Å². The van der Waals surface area contributed by atoms with Crippen molar-refractivity contribution in [1.29, 1.82) is 0 Å². The van der Waals surface area contributed by atoms with E-state index >= 15 is 0 Å². The van der Waals surface area contributed by atoms with Gasteiger partial charge in [0.15, 0.2) is 5.76 Å². The van der Waals surface area contributed by atoms with E-state index in [1.807, 2.05) is 72.8 Å². The maximum absolute atomic E-state index is 12.6. The molecule has 1 N–H and O–H groups in total. The molecule has 1 amide bonds.